The molecular formula is C6H12NO5P. The van der Waals surface area contributed by atoms with Crippen LogP contribution in [0.15, 0.2) is 0 Å². The first-order valence-corrected chi connectivity index (χ1v) is 5.51. The minimum atomic E-state index is -4.09. The zero-order valence-corrected chi connectivity index (χ0v) is 7.81. The molecule has 0 aliphatic heterocycles. The summed E-state index contributed by atoms with van der Waals surface area (Å²) < 4.78 is 15.4. The van der Waals surface area contributed by atoms with E-state index in [1.54, 1.807) is 0 Å². The van der Waals surface area contributed by atoms with E-state index in [9.17, 15) is 9.36 Å². The topological polar surface area (TPSA) is 110 Å². The summed E-state index contributed by atoms with van der Waals surface area (Å²) in [6, 6.07) is 0. The zero-order valence-electron chi connectivity index (χ0n) is 6.92. The molecule has 2 atom stereocenters. The Labute approximate surface area is 75.2 Å². The molecule has 7 heteroatoms. The van der Waals surface area contributed by atoms with Crippen LogP contribution >= 0.6 is 7.60 Å². The highest BCUT2D eigenvalue weighted by Crippen LogP contribution is 2.51. The highest BCUT2D eigenvalue weighted by molar-refractivity contribution is 7.52. The normalized spacial score (nSPS) is 34.5. The Hall–Kier alpha value is -0.420. The fourth-order valence-electron chi connectivity index (χ4n) is 1.50. The van der Waals surface area contributed by atoms with Gasteiger partial charge >= 0.3 is 7.60 Å². The number of ether oxygens (including phenoxy) is 1. The van der Waals surface area contributed by atoms with Crippen LogP contribution in [0.5, 0.6) is 0 Å². The van der Waals surface area contributed by atoms with Gasteiger partial charge in [0.25, 0.3) is 6.47 Å². The summed E-state index contributed by atoms with van der Waals surface area (Å²) in [6.45, 7) is 0.210. The smallest absolute Gasteiger partial charge is 0.328 e. The third-order valence-corrected chi connectivity index (χ3v) is 3.63. The third kappa shape index (κ3) is 2.51. The Balaban J connectivity index is 2.63. The Morgan fingerprint density at radius 2 is 2.23 bits per heavy atom. The van der Waals surface area contributed by atoms with Crippen LogP contribution in [-0.2, 0) is 14.1 Å². The van der Waals surface area contributed by atoms with Crippen molar-refractivity contribution >= 4 is 14.1 Å². The van der Waals surface area contributed by atoms with Crippen molar-refractivity contribution in [1.82, 2.24) is 0 Å². The molecule has 0 spiro atoms. The molecule has 6 nitrogen and oxygen atoms in total. The summed E-state index contributed by atoms with van der Waals surface area (Å²) in [5, 5.41) is 0. The molecule has 1 aliphatic carbocycles. The number of nitrogens with two attached hydrogens (primary N) is 1. The molecular weight excluding hydrogens is 197 g/mol. The van der Waals surface area contributed by atoms with Gasteiger partial charge in [-0.05, 0) is 6.42 Å². The molecule has 1 saturated carbocycles. The van der Waals surface area contributed by atoms with Crippen molar-refractivity contribution in [3.63, 3.8) is 0 Å². The third-order valence-electron chi connectivity index (χ3n) is 2.24. The summed E-state index contributed by atoms with van der Waals surface area (Å²) in [4.78, 5) is 27.7. The second kappa shape index (κ2) is 3.38. The fraction of sp³-hybridized carbons (Fsp3) is 0.833. The molecule has 2 unspecified atom stereocenters. The Bertz CT molecular complexity index is 251. The highest BCUT2D eigenvalue weighted by Gasteiger charge is 2.44. The number of carbonyl (C=O) groups is 1. The molecule has 1 aliphatic rings. The zero-order chi connectivity index (χ0) is 10.1. The van der Waals surface area contributed by atoms with Gasteiger partial charge in [0.15, 0.2) is 5.72 Å². The predicted octanol–water partition coefficient (Wildman–Crippen LogP) is -0.455. The molecule has 76 valence electrons. The lowest BCUT2D eigenvalue weighted by atomic mass is 10.2. The Kier molecular flexibility index (Phi) is 2.77. The number of hydrogen-bond donors (Lipinski definition) is 3. The molecule has 0 amide bonds. The quantitative estimate of drug-likeness (QED) is 0.329. The summed E-state index contributed by atoms with van der Waals surface area (Å²) in [5.41, 5.74) is 3.59. The summed E-state index contributed by atoms with van der Waals surface area (Å²) in [6.07, 6.45) is 0.603. The van der Waals surface area contributed by atoms with Crippen LogP contribution in [0.1, 0.15) is 19.3 Å². The summed E-state index contributed by atoms with van der Waals surface area (Å²) >= 11 is 0. The van der Waals surface area contributed by atoms with E-state index < -0.39 is 19.0 Å². The predicted molar refractivity (Wildman–Crippen MR) is 43.8 cm³/mol. The maximum atomic E-state index is 10.8. The molecule has 0 saturated heterocycles. The molecule has 0 heterocycles. The molecule has 0 radical (unpaired) electrons. The summed E-state index contributed by atoms with van der Waals surface area (Å²) in [7, 11) is -4.09. The fourth-order valence-corrected chi connectivity index (χ4v) is 2.52. The van der Waals surface area contributed by atoms with Crippen molar-refractivity contribution in [2.24, 2.45) is 5.73 Å². The van der Waals surface area contributed by atoms with E-state index in [1.165, 1.54) is 0 Å². The van der Waals surface area contributed by atoms with Gasteiger partial charge in [0.2, 0.25) is 0 Å². The van der Waals surface area contributed by atoms with Crippen LogP contribution in [0.2, 0.25) is 0 Å². The van der Waals surface area contributed by atoms with Crippen molar-refractivity contribution < 1.29 is 23.9 Å². The molecule has 1 fully saturated rings. The second-order valence-electron chi connectivity index (χ2n) is 3.26. The average Bonchev–Trinajstić information content (AvgIpc) is 2.31. The van der Waals surface area contributed by atoms with Gasteiger partial charge in [-0.1, -0.05) is 0 Å². The van der Waals surface area contributed by atoms with Gasteiger partial charge in [0.05, 0.1) is 5.66 Å². The lowest BCUT2D eigenvalue weighted by Gasteiger charge is -2.21. The first-order valence-electron chi connectivity index (χ1n) is 3.83. The van der Waals surface area contributed by atoms with Crippen molar-refractivity contribution in [2.45, 2.75) is 30.6 Å². The highest BCUT2D eigenvalue weighted by atomic mass is 31.2. The molecule has 0 bridgehead atoms. The van der Waals surface area contributed by atoms with E-state index in [0.29, 0.717) is 6.42 Å². The van der Waals surface area contributed by atoms with E-state index in [1.807, 2.05) is 0 Å². The average molecular weight is 209 g/mol. The summed E-state index contributed by atoms with van der Waals surface area (Å²) in [5.74, 6) is 0. The van der Waals surface area contributed by atoms with Crippen molar-refractivity contribution in [1.29, 1.82) is 0 Å². The maximum Gasteiger partial charge on any atom is 0.328 e. The lowest BCUT2D eigenvalue weighted by Crippen LogP contribution is -2.40. The minimum absolute atomic E-state index is 0.0238. The molecule has 0 aromatic heterocycles. The van der Waals surface area contributed by atoms with Crippen LogP contribution < -0.4 is 5.73 Å². The van der Waals surface area contributed by atoms with E-state index in [0.717, 1.165) is 0 Å². The van der Waals surface area contributed by atoms with Crippen molar-refractivity contribution in [3.8, 4) is 0 Å². The van der Waals surface area contributed by atoms with Crippen LogP contribution in [0, 0.1) is 0 Å². The SMILES string of the molecule is NC1(OC=O)CCC(P(=O)(O)O)C1. The molecule has 0 aromatic rings. The maximum absolute atomic E-state index is 10.8. The Morgan fingerprint density at radius 3 is 2.62 bits per heavy atom. The molecule has 4 N–H and O–H groups in total. The first kappa shape index (κ1) is 10.7. The van der Waals surface area contributed by atoms with Gasteiger partial charge in [0, 0.05) is 12.8 Å². The molecule has 13 heavy (non-hydrogen) atoms. The van der Waals surface area contributed by atoms with Gasteiger partial charge in [0.1, 0.15) is 0 Å². The van der Waals surface area contributed by atoms with Crippen LogP contribution in [0.25, 0.3) is 0 Å². The van der Waals surface area contributed by atoms with E-state index >= 15 is 0 Å². The molecule has 0 aromatic carbocycles. The number of hydrogen-bond acceptors (Lipinski definition) is 4. The van der Waals surface area contributed by atoms with Gasteiger partial charge in [-0.25, -0.2) is 0 Å². The largest absolute Gasteiger partial charge is 0.446 e. The lowest BCUT2D eigenvalue weighted by molar-refractivity contribution is -0.142. The second-order valence-corrected chi connectivity index (χ2v) is 5.17. The van der Waals surface area contributed by atoms with Gasteiger partial charge in [-0.3, -0.25) is 15.1 Å². The van der Waals surface area contributed by atoms with Crippen molar-refractivity contribution in [2.75, 3.05) is 0 Å². The molecule has 1 rings (SSSR count). The van der Waals surface area contributed by atoms with Gasteiger partial charge in [-0.2, -0.15) is 0 Å². The van der Waals surface area contributed by atoms with Gasteiger partial charge < -0.3 is 14.5 Å². The van der Waals surface area contributed by atoms with Crippen LogP contribution in [0.4, 0.5) is 0 Å². The standard InChI is InChI=1S/C6H12NO5P/c7-6(12-4-8)2-1-5(3-6)13(9,10)11/h4-5H,1-3,7H2,(H2,9,10,11). The van der Waals surface area contributed by atoms with Gasteiger partial charge in [-0.15, -0.1) is 0 Å². The van der Waals surface area contributed by atoms with Crippen LogP contribution in [-0.4, -0.2) is 27.6 Å². The minimum Gasteiger partial charge on any atom is -0.446 e. The van der Waals surface area contributed by atoms with E-state index in [-0.39, 0.29) is 19.3 Å². The van der Waals surface area contributed by atoms with E-state index in [4.69, 9.17) is 15.5 Å². The monoisotopic (exact) mass is 209 g/mol. The number of carbonyl (C=O) groups excluding carboxylic acids is 1. The number of rotatable bonds is 3. The van der Waals surface area contributed by atoms with Crippen molar-refractivity contribution in [3.05, 3.63) is 0 Å². The Morgan fingerprint density at radius 1 is 1.62 bits per heavy atom. The first-order chi connectivity index (χ1) is 5.87. The van der Waals surface area contributed by atoms with Crippen LogP contribution in [0.3, 0.4) is 0 Å². The van der Waals surface area contributed by atoms with E-state index in [2.05, 4.69) is 4.74 Å².